The summed E-state index contributed by atoms with van der Waals surface area (Å²) in [7, 11) is 0. The van der Waals surface area contributed by atoms with E-state index in [2.05, 4.69) is 4.98 Å². The summed E-state index contributed by atoms with van der Waals surface area (Å²) in [6.45, 7) is 6.04. The van der Waals surface area contributed by atoms with Crippen molar-refractivity contribution < 1.29 is 33.6 Å². The first kappa shape index (κ1) is 24.2. The van der Waals surface area contributed by atoms with Crippen LogP contribution in [0, 0.1) is 11.8 Å². The van der Waals surface area contributed by atoms with Crippen LogP contribution in [0.1, 0.15) is 40.8 Å². The number of alkyl halides is 1. The molecular formula is C19H30FN3O7. The van der Waals surface area contributed by atoms with Gasteiger partial charge in [-0.25, -0.2) is 9.18 Å². The Morgan fingerprint density at radius 2 is 2.07 bits per heavy atom. The third-order valence-electron chi connectivity index (χ3n) is 4.96. The van der Waals surface area contributed by atoms with Gasteiger partial charge >= 0.3 is 11.7 Å². The van der Waals surface area contributed by atoms with Crippen molar-refractivity contribution in [3.63, 3.8) is 0 Å². The average Bonchev–Trinajstić information content (AvgIpc) is 2.87. The molecule has 0 saturated carbocycles. The normalized spacial score (nSPS) is 30.1. The first-order valence-electron chi connectivity index (χ1n) is 9.66. The Balaban J connectivity index is 2.50. The highest BCUT2D eigenvalue weighted by atomic mass is 19.1. The summed E-state index contributed by atoms with van der Waals surface area (Å²) in [6.07, 6.45) is -3.01. The Morgan fingerprint density at radius 3 is 2.57 bits per heavy atom. The van der Waals surface area contributed by atoms with Crippen LogP contribution in [0.25, 0.3) is 0 Å². The van der Waals surface area contributed by atoms with E-state index in [-0.39, 0.29) is 11.7 Å². The molecule has 0 bridgehead atoms. The van der Waals surface area contributed by atoms with Crippen LogP contribution >= 0.6 is 0 Å². The first-order chi connectivity index (χ1) is 13.9. The lowest BCUT2D eigenvalue weighted by Crippen LogP contribution is -2.56. The van der Waals surface area contributed by atoms with E-state index in [4.69, 9.17) is 19.9 Å². The quantitative estimate of drug-likeness (QED) is 0.392. The number of hydrogen-bond acceptors (Lipinski definition) is 9. The topological polar surface area (TPSA) is 146 Å². The second-order valence-electron chi connectivity index (χ2n) is 8.35. The maximum Gasteiger partial charge on any atom is 0.351 e. The molecule has 2 rings (SSSR count). The van der Waals surface area contributed by atoms with E-state index in [1.54, 1.807) is 27.7 Å². The van der Waals surface area contributed by atoms with Gasteiger partial charge < -0.3 is 30.2 Å². The highest BCUT2D eigenvalue weighted by Crippen LogP contribution is 2.46. The van der Waals surface area contributed by atoms with E-state index in [0.717, 1.165) is 4.57 Å². The minimum absolute atomic E-state index is 0.0446. The van der Waals surface area contributed by atoms with E-state index in [1.807, 2.05) is 0 Å². The van der Waals surface area contributed by atoms with Crippen molar-refractivity contribution in [2.75, 3.05) is 19.0 Å². The molecule has 1 aromatic rings. The molecule has 5 atom stereocenters. The number of aromatic nitrogens is 2. The summed E-state index contributed by atoms with van der Waals surface area (Å²) in [6, 6.07) is 1.31. The van der Waals surface area contributed by atoms with Crippen molar-refractivity contribution in [2.24, 2.45) is 11.8 Å². The van der Waals surface area contributed by atoms with Gasteiger partial charge in [-0.05, 0) is 13.0 Å². The van der Waals surface area contributed by atoms with Crippen LogP contribution in [0.5, 0.6) is 0 Å². The Kier molecular flexibility index (Phi) is 7.23. The van der Waals surface area contributed by atoms with Gasteiger partial charge in [-0.15, -0.1) is 0 Å². The summed E-state index contributed by atoms with van der Waals surface area (Å²) >= 11 is 0. The zero-order valence-corrected chi connectivity index (χ0v) is 17.7. The number of anilines is 1. The molecule has 1 unspecified atom stereocenters. The van der Waals surface area contributed by atoms with Crippen LogP contribution in [0.3, 0.4) is 0 Å². The molecule has 0 radical (unpaired) electrons. The lowest BCUT2D eigenvalue weighted by Gasteiger charge is -2.35. The standard InChI is InChI=1S/C19H30FN3O7/c1-10(2)13(24)28-9-19(8-20)15(29-14(25)11(3)4)18(5,27)16(30-19)23-7-6-12(21)22-17(23)26/h6-7,10-11,13,15-16,24,27H,8-9H2,1-5H3,(H2,21,22,26)/t13?,15-,16+,18+,19+/m0/s1. The molecule has 0 amide bonds. The molecule has 0 spiro atoms. The van der Waals surface area contributed by atoms with Gasteiger partial charge in [-0.1, -0.05) is 27.7 Å². The average molecular weight is 431 g/mol. The largest absolute Gasteiger partial charge is 0.456 e. The molecule has 170 valence electrons. The number of nitrogens with two attached hydrogens (primary N) is 1. The van der Waals surface area contributed by atoms with Gasteiger partial charge in [0.15, 0.2) is 24.2 Å². The lowest BCUT2D eigenvalue weighted by atomic mass is 9.88. The van der Waals surface area contributed by atoms with Crippen LogP contribution in [0.2, 0.25) is 0 Å². The molecule has 2 heterocycles. The smallest absolute Gasteiger partial charge is 0.351 e. The van der Waals surface area contributed by atoms with Gasteiger partial charge in [0.25, 0.3) is 0 Å². The Morgan fingerprint density at radius 1 is 1.43 bits per heavy atom. The Labute approximate surface area is 173 Å². The fourth-order valence-corrected chi connectivity index (χ4v) is 3.16. The number of aliphatic hydroxyl groups is 2. The van der Waals surface area contributed by atoms with Crippen molar-refractivity contribution in [3.05, 3.63) is 22.7 Å². The fourth-order valence-electron chi connectivity index (χ4n) is 3.16. The van der Waals surface area contributed by atoms with E-state index < -0.39 is 60.7 Å². The van der Waals surface area contributed by atoms with Gasteiger partial charge in [-0.3, -0.25) is 9.36 Å². The molecule has 0 aromatic carbocycles. The predicted octanol–water partition coefficient (Wildman–Crippen LogP) is 0.372. The maximum absolute atomic E-state index is 14.4. The van der Waals surface area contributed by atoms with E-state index in [1.165, 1.54) is 19.2 Å². The number of aliphatic hydroxyl groups excluding tert-OH is 1. The molecule has 30 heavy (non-hydrogen) atoms. The number of carbonyl (C=O) groups is 1. The second-order valence-corrected chi connectivity index (χ2v) is 8.35. The lowest BCUT2D eigenvalue weighted by molar-refractivity contribution is -0.210. The molecule has 1 aromatic heterocycles. The predicted molar refractivity (Wildman–Crippen MR) is 104 cm³/mol. The van der Waals surface area contributed by atoms with Crippen LogP contribution in [-0.4, -0.2) is 62.6 Å². The minimum atomic E-state index is -2.04. The van der Waals surface area contributed by atoms with Crippen LogP contribution in [0.4, 0.5) is 10.2 Å². The molecule has 0 aliphatic carbocycles. The van der Waals surface area contributed by atoms with Crippen molar-refractivity contribution in [1.29, 1.82) is 0 Å². The van der Waals surface area contributed by atoms with E-state index in [9.17, 15) is 24.2 Å². The molecule has 11 heteroatoms. The molecule has 1 fully saturated rings. The molecule has 1 aliphatic heterocycles. The molecule has 4 N–H and O–H groups in total. The van der Waals surface area contributed by atoms with Crippen molar-refractivity contribution in [2.45, 2.75) is 64.4 Å². The van der Waals surface area contributed by atoms with E-state index in [0.29, 0.717) is 0 Å². The zero-order valence-electron chi connectivity index (χ0n) is 17.7. The number of esters is 1. The van der Waals surface area contributed by atoms with Gasteiger partial charge in [-0.2, -0.15) is 4.98 Å². The zero-order chi connectivity index (χ0) is 22.9. The Hall–Kier alpha value is -2.08. The summed E-state index contributed by atoms with van der Waals surface area (Å²) in [5.74, 6) is -1.62. The molecule has 10 nitrogen and oxygen atoms in total. The maximum atomic E-state index is 14.4. The van der Waals surface area contributed by atoms with Crippen molar-refractivity contribution in [3.8, 4) is 0 Å². The summed E-state index contributed by atoms with van der Waals surface area (Å²) in [5, 5.41) is 21.2. The van der Waals surface area contributed by atoms with Crippen LogP contribution in [-0.2, 0) is 19.0 Å². The number of ether oxygens (including phenoxy) is 3. The molecule has 1 saturated heterocycles. The number of hydrogen-bond donors (Lipinski definition) is 3. The number of nitrogens with zero attached hydrogens (tertiary/aromatic N) is 2. The molecule has 1 aliphatic rings. The number of carbonyl (C=O) groups excluding carboxylic acids is 1. The minimum Gasteiger partial charge on any atom is -0.456 e. The number of halogens is 1. The first-order valence-corrected chi connectivity index (χ1v) is 9.66. The molecular weight excluding hydrogens is 401 g/mol. The van der Waals surface area contributed by atoms with Gasteiger partial charge in [0.05, 0.1) is 12.5 Å². The fraction of sp³-hybridized carbons (Fsp3) is 0.737. The highest BCUT2D eigenvalue weighted by Gasteiger charge is 2.65. The summed E-state index contributed by atoms with van der Waals surface area (Å²) in [4.78, 5) is 28.2. The van der Waals surface area contributed by atoms with Gasteiger partial charge in [0.1, 0.15) is 18.1 Å². The monoisotopic (exact) mass is 431 g/mol. The summed E-state index contributed by atoms with van der Waals surface area (Å²) in [5.41, 5.74) is 0.649. The van der Waals surface area contributed by atoms with Gasteiger partial charge in [0.2, 0.25) is 0 Å². The Bertz CT molecular complexity index is 814. The second kappa shape index (κ2) is 8.96. The van der Waals surface area contributed by atoms with E-state index >= 15 is 0 Å². The van der Waals surface area contributed by atoms with Crippen LogP contribution < -0.4 is 11.4 Å². The van der Waals surface area contributed by atoms with Crippen molar-refractivity contribution in [1.82, 2.24) is 9.55 Å². The van der Waals surface area contributed by atoms with Crippen LogP contribution in [0.15, 0.2) is 17.1 Å². The van der Waals surface area contributed by atoms with Crippen molar-refractivity contribution >= 4 is 11.8 Å². The number of nitrogen functional groups attached to an aromatic ring is 1. The summed E-state index contributed by atoms with van der Waals surface area (Å²) < 4.78 is 31.9. The highest BCUT2D eigenvalue weighted by molar-refractivity contribution is 5.72. The third kappa shape index (κ3) is 4.64. The van der Waals surface area contributed by atoms with Gasteiger partial charge in [0, 0.05) is 12.1 Å². The number of rotatable bonds is 8. The third-order valence-corrected chi connectivity index (χ3v) is 4.96. The SMILES string of the molecule is CC(C)C(=O)O[C@@H]1[C@@](CF)(COC(O)C(C)C)O[C@@H](n2ccc(N)nc2=O)[C@]1(C)O.